The summed E-state index contributed by atoms with van der Waals surface area (Å²) in [5, 5.41) is 17.0. The molecule has 1 aromatic heterocycles. The first-order chi connectivity index (χ1) is 9.40. The van der Waals surface area contributed by atoms with E-state index in [0.29, 0.717) is 12.4 Å². The minimum Gasteiger partial charge on any atom is -0.485 e. The zero-order valence-corrected chi connectivity index (χ0v) is 12.0. The SMILES string of the molecule is Cc1cc(C(=O)O)cc(C)c1OCc1nnc(C)n1C. The van der Waals surface area contributed by atoms with Gasteiger partial charge in [0.25, 0.3) is 0 Å². The summed E-state index contributed by atoms with van der Waals surface area (Å²) in [7, 11) is 1.88. The summed E-state index contributed by atoms with van der Waals surface area (Å²) in [6.45, 7) is 5.83. The van der Waals surface area contributed by atoms with Crippen LogP contribution in [0.15, 0.2) is 12.1 Å². The molecule has 6 nitrogen and oxygen atoms in total. The average Bonchev–Trinajstić information content (AvgIpc) is 2.69. The maximum atomic E-state index is 11.0. The number of aromatic nitrogens is 3. The molecule has 0 amide bonds. The first-order valence-electron chi connectivity index (χ1n) is 6.22. The summed E-state index contributed by atoms with van der Waals surface area (Å²) < 4.78 is 7.62. The molecule has 0 radical (unpaired) electrons. The van der Waals surface area contributed by atoms with Crippen molar-refractivity contribution in [2.45, 2.75) is 27.4 Å². The number of aryl methyl sites for hydroxylation is 3. The predicted molar refractivity (Wildman–Crippen MR) is 72.9 cm³/mol. The first kappa shape index (κ1) is 14.0. The standard InChI is InChI=1S/C14H17N3O3/c1-8-5-11(14(18)19)6-9(2)13(8)20-7-12-16-15-10(3)17(12)4/h5-6H,7H2,1-4H3,(H,18,19). The van der Waals surface area contributed by atoms with Crippen LogP contribution in [0.1, 0.15) is 33.1 Å². The first-order valence-corrected chi connectivity index (χ1v) is 6.22. The molecule has 1 aromatic carbocycles. The smallest absolute Gasteiger partial charge is 0.335 e. The highest BCUT2D eigenvalue weighted by atomic mass is 16.5. The average molecular weight is 275 g/mol. The van der Waals surface area contributed by atoms with E-state index in [0.717, 1.165) is 22.8 Å². The quantitative estimate of drug-likeness (QED) is 0.923. The molecular formula is C14H17N3O3. The van der Waals surface area contributed by atoms with E-state index >= 15 is 0 Å². The molecule has 0 aliphatic rings. The Morgan fingerprint density at radius 3 is 2.30 bits per heavy atom. The Morgan fingerprint density at radius 2 is 1.85 bits per heavy atom. The highest BCUT2D eigenvalue weighted by molar-refractivity contribution is 5.88. The van der Waals surface area contributed by atoms with Crippen LogP contribution in [0.25, 0.3) is 0 Å². The molecule has 2 aromatic rings. The van der Waals surface area contributed by atoms with E-state index in [1.807, 2.05) is 32.4 Å². The van der Waals surface area contributed by atoms with Gasteiger partial charge in [-0.2, -0.15) is 0 Å². The maximum Gasteiger partial charge on any atom is 0.335 e. The van der Waals surface area contributed by atoms with Crippen molar-refractivity contribution in [2.24, 2.45) is 7.05 Å². The monoisotopic (exact) mass is 275 g/mol. The summed E-state index contributed by atoms with van der Waals surface area (Å²) in [6, 6.07) is 3.21. The van der Waals surface area contributed by atoms with Crippen molar-refractivity contribution in [1.82, 2.24) is 14.8 Å². The van der Waals surface area contributed by atoms with Crippen LogP contribution in [0.4, 0.5) is 0 Å². The van der Waals surface area contributed by atoms with Gasteiger partial charge in [0.05, 0.1) is 5.56 Å². The Bertz CT molecular complexity index is 639. The van der Waals surface area contributed by atoms with Gasteiger partial charge in [-0.3, -0.25) is 0 Å². The molecule has 20 heavy (non-hydrogen) atoms. The summed E-state index contributed by atoms with van der Waals surface area (Å²) in [5.41, 5.74) is 1.85. The number of rotatable bonds is 4. The van der Waals surface area contributed by atoms with Gasteiger partial charge in [0.15, 0.2) is 5.82 Å². The predicted octanol–water partition coefficient (Wildman–Crippen LogP) is 2.02. The van der Waals surface area contributed by atoms with Crippen molar-refractivity contribution in [3.05, 3.63) is 40.5 Å². The molecular weight excluding hydrogens is 258 g/mol. The zero-order valence-electron chi connectivity index (χ0n) is 12.0. The van der Waals surface area contributed by atoms with Gasteiger partial charge in [0, 0.05) is 7.05 Å². The van der Waals surface area contributed by atoms with Crippen LogP contribution in [0.3, 0.4) is 0 Å². The molecule has 2 rings (SSSR count). The molecule has 0 saturated carbocycles. The molecule has 106 valence electrons. The second kappa shape index (κ2) is 5.32. The highest BCUT2D eigenvalue weighted by Gasteiger charge is 2.12. The van der Waals surface area contributed by atoms with Crippen molar-refractivity contribution in [2.75, 3.05) is 0 Å². The number of carbonyl (C=O) groups is 1. The van der Waals surface area contributed by atoms with Gasteiger partial charge in [0.1, 0.15) is 18.2 Å². The number of benzene rings is 1. The lowest BCUT2D eigenvalue weighted by molar-refractivity contribution is 0.0696. The number of hydrogen-bond donors (Lipinski definition) is 1. The summed E-state index contributed by atoms with van der Waals surface area (Å²) >= 11 is 0. The molecule has 0 aliphatic heterocycles. The van der Waals surface area contributed by atoms with Gasteiger partial charge >= 0.3 is 5.97 Å². The lowest BCUT2D eigenvalue weighted by Crippen LogP contribution is -2.07. The third-order valence-corrected chi connectivity index (χ3v) is 3.24. The Morgan fingerprint density at radius 1 is 1.25 bits per heavy atom. The zero-order chi connectivity index (χ0) is 14.9. The Kier molecular flexibility index (Phi) is 3.74. The Balaban J connectivity index is 2.22. The summed E-state index contributed by atoms with van der Waals surface area (Å²) in [5.74, 6) is 1.30. The summed E-state index contributed by atoms with van der Waals surface area (Å²) in [6.07, 6.45) is 0. The molecule has 0 aliphatic carbocycles. The molecule has 0 atom stereocenters. The summed E-state index contributed by atoms with van der Waals surface area (Å²) in [4.78, 5) is 11.0. The van der Waals surface area contributed by atoms with Crippen LogP contribution in [0.2, 0.25) is 0 Å². The Hall–Kier alpha value is -2.37. The molecule has 0 fully saturated rings. The van der Waals surface area contributed by atoms with Crippen LogP contribution < -0.4 is 4.74 Å². The number of carboxylic acid groups (broad SMARTS) is 1. The van der Waals surface area contributed by atoms with Crippen molar-refractivity contribution in [3.8, 4) is 5.75 Å². The van der Waals surface area contributed by atoms with E-state index in [4.69, 9.17) is 9.84 Å². The molecule has 1 heterocycles. The van der Waals surface area contributed by atoms with Gasteiger partial charge < -0.3 is 14.4 Å². The van der Waals surface area contributed by atoms with Gasteiger partial charge in [-0.25, -0.2) is 4.79 Å². The molecule has 0 spiro atoms. The fourth-order valence-electron chi connectivity index (χ4n) is 2.01. The second-order valence-electron chi connectivity index (χ2n) is 4.76. The largest absolute Gasteiger partial charge is 0.485 e. The van der Waals surface area contributed by atoms with E-state index in [9.17, 15) is 4.79 Å². The minimum atomic E-state index is -0.938. The van der Waals surface area contributed by atoms with Gasteiger partial charge in [-0.1, -0.05) is 0 Å². The molecule has 0 unspecified atom stereocenters. The third-order valence-electron chi connectivity index (χ3n) is 3.24. The lowest BCUT2D eigenvalue weighted by Gasteiger charge is -2.12. The van der Waals surface area contributed by atoms with E-state index < -0.39 is 5.97 Å². The fraction of sp³-hybridized carbons (Fsp3) is 0.357. The van der Waals surface area contributed by atoms with Crippen LogP contribution in [-0.4, -0.2) is 25.8 Å². The minimum absolute atomic E-state index is 0.266. The molecule has 6 heteroatoms. The number of carboxylic acids is 1. The van der Waals surface area contributed by atoms with Crippen molar-refractivity contribution >= 4 is 5.97 Å². The molecule has 0 bridgehead atoms. The van der Waals surface area contributed by atoms with E-state index in [-0.39, 0.29) is 5.56 Å². The highest BCUT2D eigenvalue weighted by Crippen LogP contribution is 2.25. The van der Waals surface area contributed by atoms with Gasteiger partial charge in [-0.15, -0.1) is 10.2 Å². The van der Waals surface area contributed by atoms with E-state index in [1.54, 1.807) is 12.1 Å². The van der Waals surface area contributed by atoms with Crippen LogP contribution >= 0.6 is 0 Å². The van der Waals surface area contributed by atoms with Crippen molar-refractivity contribution in [1.29, 1.82) is 0 Å². The maximum absolute atomic E-state index is 11.0. The topological polar surface area (TPSA) is 77.2 Å². The van der Waals surface area contributed by atoms with Gasteiger partial charge in [0.2, 0.25) is 0 Å². The van der Waals surface area contributed by atoms with Crippen LogP contribution in [0, 0.1) is 20.8 Å². The normalized spacial score (nSPS) is 10.6. The van der Waals surface area contributed by atoms with Crippen LogP contribution in [0.5, 0.6) is 5.75 Å². The second-order valence-corrected chi connectivity index (χ2v) is 4.76. The van der Waals surface area contributed by atoms with E-state index in [2.05, 4.69) is 10.2 Å². The van der Waals surface area contributed by atoms with Gasteiger partial charge in [-0.05, 0) is 44.0 Å². The van der Waals surface area contributed by atoms with Crippen LogP contribution in [-0.2, 0) is 13.7 Å². The van der Waals surface area contributed by atoms with E-state index in [1.165, 1.54) is 0 Å². The van der Waals surface area contributed by atoms with Crippen molar-refractivity contribution in [3.63, 3.8) is 0 Å². The Labute approximate surface area is 117 Å². The van der Waals surface area contributed by atoms with Crippen molar-refractivity contribution < 1.29 is 14.6 Å². The molecule has 0 saturated heterocycles. The number of ether oxygens (including phenoxy) is 1. The fourth-order valence-corrected chi connectivity index (χ4v) is 2.01. The lowest BCUT2D eigenvalue weighted by atomic mass is 10.1. The number of nitrogens with zero attached hydrogens (tertiary/aromatic N) is 3. The number of hydrogen-bond acceptors (Lipinski definition) is 4. The number of aromatic carboxylic acids is 1. The third kappa shape index (κ3) is 2.64. The molecule has 1 N–H and O–H groups in total.